The van der Waals surface area contributed by atoms with Gasteiger partial charge in [-0.2, -0.15) is 13.2 Å². The minimum absolute atomic E-state index is 0.00157. The van der Waals surface area contributed by atoms with E-state index in [1.54, 1.807) is 0 Å². The number of hydrogen-bond donors (Lipinski definition) is 2. The van der Waals surface area contributed by atoms with E-state index in [9.17, 15) is 18.3 Å². The Balaban J connectivity index is 2.83. The van der Waals surface area contributed by atoms with E-state index in [4.69, 9.17) is 5.11 Å². The molecule has 0 heterocycles. The second-order valence-electron chi connectivity index (χ2n) is 3.71. The highest BCUT2D eigenvalue weighted by Crippen LogP contribution is 2.29. The summed E-state index contributed by atoms with van der Waals surface area (Å²) in [7, 11) is 0. The molecule has 0 fully saturated rings. The number of alkyl halides is 3. The van der Waals surface area contributed by atoms with E-state index in [2.05, 4.69) is 0 Å². The number of aliphatic hydroxyl groups excluding tert-OH is 2. The highest BCUT2D eigenvalue weighted by atomic mass is 19.4. The lowest BCUT2D eigenvalue weighted by molar-refractivity contribution is -0.137. The van der Waals surface area contributed by atoms with Crippen molar-refractivity contribution in [2.45, 2.75) is 31.7 Å². The largest absolute Gasteiger partial charge is 0.416 e. The van der Waals surface area contributed by atoms with E-state index in [1.807, 2.05) is 0 Å². The summed E-state index contributed by atoms with van der Waals surface area (Å²) in [6, 6.07) is 4.72. The molecule has 90 valence electrons. The standard InChI is InChI=1S/C11H13F3O2/c1-7(15)10(16)6-8-3-2-4-9(5-8)11(12,13)14/h2-5,7,10,15-16H,6H2,1H3. The van der Waals surface area contributed by atoms with Gasteiger partial charge < -0.3 is 10.2 Å². The SMILES string of the molecule is CC(O)C(O)Cc1cccc(C(F)(F)F)c1. The first kappa shape index (κ1) is 13.0. The molecule has 2 unspecified atom stereocenters. The summed E-state index contributed by atoms with van der Waals surface area (Å²) in [6.45, 7) is 1.39. The van der Waals surface area contributed by atoms with Crippen LogP contribution in [0, 0.1) is 0 Å². The van der Waals surface area contributed by atoms with E-state index in [0.29, 0.717) is 5.56 Å². The van der Waals surface area contributed by atoms with Crippen molar-refractivity contribution in [1.82, 2.24) is 0 Å². The molecule has 2 N–H and O–H groups in total. The predicted molar refractivity (Wildman–Crippen MR) is 52.8 cm³/mol. The summed E-state index contributed by atoms with van der Waals surface area (Å²) in [6.07, 6.45) is -6.40. The zero-order valence-corrected chi connectivity index (χ0v) is 8.70. The summed E-state index contributed by atoms with van der Waals surface area (Å²) in [5.41, 5.74) is -0.397. The molecule has 2 nitrogen and oxygen atoms in total. The summed E-state index contributed by atoms with van der Waals surface area (Å²) in [5.74, 6) is 0. The fourth-order valence-electron chi connectivity index (χ4n) is 1.29. The number of rotatable bonds is 3. The van der Waals surface area contributed by atoms with Crippen LogP contribution in [0.2, 0.25) is 0 Å². The zero-order chi connectivity index (χ0) is 12.3. The molecule has 1 aromatic rings. The maximum absolute atomic E-state index is 12.4. The van der Waals surface area contributed by atoms with E-state index >= 15 is 0 Å². The molecule has 0 bridgehead atoms. The van der Waals surface area contributed by atoms with Crippen LogP contribution < -0.4 is 0 Å². The molecule has 5 heteroatoms. The Morgan fingerprint density at radius 3 is 2.38 bits per heavy atom. The molecule has 0 saturated carbocycles. The van der Waals surface area contributed by atoms with Gasteiger partial charge in [-0.3, -0.25) is 0 Å². The van der Waals surface area contributed by atoms with Gasteiger partial charge in [-0.1, -0.05) is 18.2 Å². The summed E-state index contributed by atoms with van der Waals surface area (Å²) in [4.78, 5) is 0. The van der Waals surface area contributed by atoms with Crippen molar-refractivity contribution >= 4 is 0 Å². The van der Waals surface area contributed by atoms with Crippen LogP contribution in [0.4, 0.5) is 13.2 Å². The smallest absolute Gasteiger partial charge is 0.391 e. The van der Waals surface area contributed by atoms with Gasteiger partial charge in [-0.15, -0.1) is 0 Å². The monoisotopic (exact) mass is 234 g/mol. The Labute approximate surface area is 91.3 Å². The Kier molecular flexibility index (Phi) is 3.93. The quantitative estimate of drug-likeness (QED) is 0.839. The van der Waals surface area contributed by atoms with Crippen molar-refractivity contribution in [3.63, 3.8) is 0 Å². The summed E-state index contributed by atoms with van der Waals surface area (Å²) >= 11 is 0. The molecule has 0 aromatic heterocycles. The number of aliphatic hydroxyl groups is 2. The average molecular weight is 234 g/mol. The van der Waals surface area contributed by atoms with E-state index < -0.39 is 23.9 Å². The third kappa shape index (κ3) is 3.50. The van der Waals surface area contributed by atoms with Crippen molar-refractivity contribution in [2.24, 2.45) is 0 Å². The van der Waals surface area contributed by atoms with Crippen LogP contribution in [0.25, 0.3) is 0 Å². The molecule has 0 spiro atoms. The van der Waals surface area contributed by atoms with E-state index in [0.717, 1.165) is 12.1 Å². The average Bonchev–Trinajstić information content (AvgIpc) is 2.16. The van der Waals surface area contributed by atoms with Crippen molar-refractivity contribution in [1.29, 1.82) is 0 Å². The molecule has 16 heavy (non-hydrogen) atoms. The van der Waals surface area contributed by atoms with Crippen LogP contribution in [-0.2, 0) is 12.6 Å². The van der Waals surface area contributed by atoms with Gasteiger partial charge >= 0.3 is 6.18 Å². The van der Waals surface area contributed by atoms with Gasteiger partial charge in [0.25, 0.3) is 0 Å². The van der Waals surface area contributed by atoms with Crippen molar-refractivity contribution in [3.05, 3.63) is 35.4 Å². The first-order valence-electron chi connectivity index (χ1n) is 4.83. The van der Waals surface area contributed by atoms with Crippen LogP contribution in [-0.4, -0.2) is 22.4 Å². The minimum Gasteiger partial charge on any atom is -0.391 e. The molecule has 0 amide bonds. The Morgan fingerprint density at radius 2 is 1.88 bits per heavy atom. The van der Waals surface area contributed by atoms with E-state index in [-0.39, 0.29) is 6.42 Å². The Bertz CT molecular complexity index is 347. The molecule has 0 saturated heterocycles. The summed E-state index contributed by atoms with van der Waals surface area (Å²) < 4.78 is 37.1. The lowest BCUT2D eigenvalue weighted by atomic mass is 10.0. The molecule has 0 aliphatic rings. The van der Waals surface area contributed by atoms with Crippen molar-refractivity contribution in [3.8, 4) is 0 Å². The fourth-order valence-corrected chi connectivity index (χ4v) is 1.29. The normalized spacial score (nSPS) is 15.9. The number of hydrogen-bond acceptors (Lipinski definition) is 2. The maximum Gasteiger partial charge on any atom is 0.416 e. The van der Waals surface area contributed by atoms with Gasteiger partial charge in [-0.25, -0.2) is 0 Å². The first-order chi connectivity index (χ1) is 7.30. The van der Waals surface area contributed by atoms with Gasteiger partial charge in [0, 0.05) is 6.42 Å². The molecular formula is C11H13F3O2. The molecule has 2 atom stereocenters. The summed E-state index contributed by atoms with van der Waals surface area (Å²) in [5, 5.41) is 18.4. The number of benzene rings is 1. The maximum atomic E-state index is 12.4. The second-order valence-corrected chi connectivity index (χ2v) is 3.71. The van der Waals surface area contributed by atoms with Gasteiger partial charge in [0.05, 0.1) is 17.8 Å². The predicted octanol–water partition coefficient (Wildman–Crippen LogP) is 1.99. The first-order valence-corrected chi connectivity index (χ1v) is 4.83. The number of halogens is 3. The van der Waals surface area contributed by atoms with E-state index in [1.165, 1.54) is 19.1 Å². The molecule has 1 aromatic carbocycles. The van der Waals surface area contributed by atoms with Crippen LogP contribution in [0.15, 0.2) is 24.3 Å². The molecular weight excluding hydrogens is 221 g/mol. The third-order valence-corrected chi connectivity index (χ3v) is 2.26. The van der Waals surface area contributed by atoms with Crippen molar-refractivity contribution in [2.75, 3.05) is 0 Å². The van der Waals surface area contributed by atoms with Gasteiger partial charge in [0.15, 0.2) is 0 Å². The second kappa shape index (κ2) is 4.84. The van der Waals surface area contributed by atoms with Gasteiger partial charge in [0.2, 0.25) is 0 Å². The molecule has 1 rings (SSSR count). The van der Waals surface area contributed by atoms with Gasteiger partial charge in [0.1, 0.15) is 0 Å². The fraction of sp³-hybridized carbons (Fsp3) is 0.455. The minimum atomic E-state index is -4.38. The van der Waals surface area contributed by atoms with Crippen LogP contribution in [0.5, 0.6) is 0 Å². The molecule has 0 aliphatic carbocycles. The third-order valence-electron chi connectivity index (χ3n) is 2.26. The zero-order valence-electron chi connectivity index (χ0n) is 8.70. The Morgan fingerprint density at radius 1 is 1.25 bits per heavy atom. The topological polar surface area (TPSA) is 40.5 Å². The molecule has 0 radical (unpaired) electrons. The Hall–Kier alpha value is -1.07. The molecule has 0 aliphatic heterocycles. The highest BCUT2D eigenvalue weighted by Gasteiger charge is 2.30. The van der Waals surface area contributed by atoms with Crippen LogP contribution >= 0.6 is 0 Å². The van der Waals surface area contributed by atoms with Crippen LogP contribution in [0.1, 0.15) is 18.1 Å². The lowest BCUT2D eigenvalue weighted by Gasteiger charge is -2.14. The van der Waals surface area contributed by atoms with Crippen molar-refractivity contribution < 1.29 is 23.4 Å². The highest BCUT2D eigenvalue weighted by molar-refractivity contribution is 5.26. The van der Waals surface area contributed by atoms with Gasteiger partial charge in [-0.05, 0) is 18.6 Å². The lowest BCUT2D eigenvalue weighted by Crippen LogP contribution is -2.24. The van der Waals surface area contributed by atoms with Crippen LogP contribution in [0.3, 0.4) is 0 Å².